The van der Waals surface area contributed by atoms with Crippen molar-refractivity contribution in [2.45, 2.75) is 20.4 Å². The summed E-state index contributed by atoms with van der Waals surface area (Å²) in [5, 5.41) is 5.65. The maximum Gasteiger partial charge on any atom is 0.223 e. The van der Waals surface area contributed by atoms with Crippen LogP contribution < -0.4 is 10.1 Å². The van der Waals surface area contributed by atoms with Crippen molar-refractivity contribution in [3.8, 4) is 5.75 Å². The zero-order valence-electron chi connectivity index (χ0n) is 13.1. The molecule has 0 radical (unpaired) electrons. The molecule has 3 rings (SSSR count). The lowest BCUT2D eigenvalue weighted by Crippen LogP contribution is -2.05. The van der Waals surface area contributed by atoms with Crippen molar-refractivity contribution >= 4 is 16.7 Å². The van der Waals surface area contributed by atoms with Crippen LogP contribution in [0.1, 0.15) is 17.0 Å². The summed E-state index contributed by atoms with van der Waals surface area (Å²) >= 11 is 0. The second-order valence-corrected chi connectivity index (χ2v) is 5.38. The highest BCUT2D eigenvalue weighted by molar-refractivity contribution is 5.84. The molecule has 112 valence electrons. The number of anilines is 1. The molecule has 0 atom stereocenters. The van der Waals surface area contributed by atoms with Crippen LogP contribution in [-0.2, 0) is 6.54 Å². The Morgan fingerprint density at radius 3 is 2.32 bits per heavy atom. The largest absolute Gasteiger partial charge is 0.497 e. The third-order valence-corrected chi connectivity index (χ3v) is 3.54. The van der Waals surface area contributed by atoms with Crippen LogP contribution in [-0.4, -0.2) is 17.1 Å². The monoisotopic (exact) mass is 293 g/mol. The summed E-state index contributed by atoms with van der Waals surface area (Å²) in [6.07, 6.45) is 0. The first kappa shape index (κ1) is 14.3. The number of hydrogen-bond donors (Lipinski definition) is 1. The molecule has 0 bridgehead atoms. The molecule has 0 saturated carbocycles. The van der Waals surface area contributed by atoms with Gasteiger partial charge in [0.05, 0.1) is 7.11 Å². The van der Waals surface area contributed by atoms with Crippen LogP contribution in [0.5, 0.6) is 5.75 Å². The van der Waals surface area contributed by atoms with E-state index < -0.39 is 0 Å². The van der Waals surface area contributed by atoms with Crippen LogP contribution in [0.15, 0.2) is 42.5 Å². The zero-order valence-corrected chi connectivity index (χ0v) is 13.1. The summed E-state index contributed by atoms with van der Waals surface area (Å²) < 4.78 is 5.25. The number of hydrogen-bond acceptors (Lipinski definition) is 4. The third-order valence-electron chi connectivity index (χ3n) is 3.54. The van der Waals surface area contributed by atoms with E-state index in [0.29, 0.717) is 12.5 Å². The first-order chi connectivity index (χ1) is 10.6. The van der Waals surface area contributed by atoms with Crippen molar-refractivity contribution in [2.75, 3.05) is 12.4 Å². The van der Waals surface area contributed by atoms with Crippen LogP contribution in [0.4, 0.5) is 5.95 Å². The Hall–Kier alpha value is -2.62. The lowest BCUT2D eigenvalue weighted by Gasteiger charge is -2.08. The standard InChI is InChI=1S/C18H19N3O/c1-12-8-13(2)21-18(20-12)19-11-14-4-5-16-10-17(22-3)7-6-15(16)9-14/h4-10H,11H2,1-3H3,(H,19,20,21). The summed E-state index contributed by atoms with van der Waals surface area (Å²) in [5.41, 5.74) is 3.14. The number of nitrogens with one attached hydrogen (secondary N) is 1. The molecule has 0 amide bonds. The predicted octanol–water partition coefficient (Wildman–Crippen LogP) is 3.87. The smallest absolute Gasteiger partial charge is 0.223 e. The molecule has 1 aromatic heterocycles. The Balaban J connectivity index is 1.79. The quantitative estimate of drug-likeness (QED) is 0.793. The molecular weight excluding hydrogens is 274 g/mol. The number of fused-ring (bicyclic) bond motifs is 1. The van der Waals surface area contributed by atoms with E-state index in [1.807, 2.05) is 32.0 Å². The summed E-state index contributed by atoms with van der Waals surface area (Å²) in [7, 11) is 1.68. The highest BCUT2D eigenvalue weighted by atomic mass is 16.5. The molecule has 4 nitrogen and oxygen atoms in total. The van der Waals surface area contributed by atoms with Gasteiger partial charge in [-0.2, -0.15) is 0 Å². The van der Waals surface area contributed by atoms with E-state index in [2.05, 4.69) is 39.6 Å². The van der Waals surface area contributed by atoms with Gasteiger partial charge in [-0.3, -0.25) is 0 Å². The van der Waals surface area contributed by atoms with E-state index >= 15 is 0 Å². The lowest BCUT2D eigenvalue weighted by atomic mass is 10.1. The van der Waals surface area contributed by atoms with Gasteiger partial charge in [0.1, 0.15) is 5.75 Å². The van der Waals surface area contributed by atoms with Crippen LogP contribution >= 0.6 is 0 Å². The minimum Gasteiger partial charge on any atom is -0.497 e. The van der Waals surface area contributed by atoms with E-state index in [4.69, 9.17) is 4.74 Å². The Kier molecular flexibility index (Phi) is 3.92. The van der Waals surface area contributed by atoms with Gasteiger partial charge in [-0.15, -0.1) is 0 Å². The molecule has 2 aromatic carbocycles. The minimum atomic E-state index is 0.673. The number of benzene rings is 2. The summed E-state index contributed by atoms with van der Waals surface area (Å²) in [4.78, 5) is 8.79. The van der Waals surface area contributed by atoms with Gasteiger partial charge in [0.2, 0.25) is 5.95 Å². The van der Waals surface area contributed by atoms with Gasteiger partial charge >= 0.3 is 0 Å². The Bertz CT molecular complexity index is 794. The molecule has 0 fully saturated rings. The predicted molar refractivity (Wildman–Crippen MR) is 89.3 cm³/mol. The van der Waals surface area contributed by atoms with Crippen molar-refractivity contribution < 1.29 is 4.74 Å². The summed E-state index contributed by atoms with van der Waals surface area (Å²) in [6.45, 7) is 4.65. The second-order valence-electron chi connectivity index (χ2n) is 5.38. The highest BCUT2D eigenvalue weighted by Gasteiger charge is 2.02. The van der Waals surface area contributed by atoms with E-state index in [1.54, 1.807) is 7.11 Å². The third kappa shape index (κ3) is 3.17. The van der Waals surface area contributed by atoms with E-state index in [9.17, 15) is 0 Å². The van der Waals surface area contributed by atoms with Crippen molar-refractivity contribution in [2.24, 2.45) is 0 Å². The van der Waals surface area contributed by atoms with Crippen LogP contribution in [0.25, 0.3) is 10.8 Å². The van der Waals surface area contributed by atoms with Gasteiger partial charge < -0.3 is 10.1 Å². The molecule has 1 heterocycles. The number of nitrogens with zero attached hydrogens (tertiary/aromatic N) is 2. The first-order valence-electron chi connectivity index (χ1n) is 7.27. The molecule has 0 aliphatic heterocycles. The van der Waals surface area contributed by atoms with E-state index in [-0.39, 0.29) is 0 Å². The van der Waals surface area contributed by atoms with Gasteiger partial charge in [-0.25, -0.2) is 9.97 Å². The average Bonchev–Trinajstić information content (AvgIpc) is 2.51. The van der Waals surface area contributed by atoms with Crippen molar-refractivity contribution in [1.82, 2.24) is 9.97 Å². The summed E-state index contributed by atoms with van der Waals surface area (Å²) in [6, 6.07) is 14.4. The Morgan fingerprint density at radius 2 is 1.59 bits per heavy atom. The van der Waals surface area contributed by atoms with Gasteiger partial charge in [0, 0.05) is 17.9 Å². The fourth-order valence-corrected chi connectivity index (χ4v) is 2.50. The van der Waals surface area contributed by atoms with Crippen molar-refractivity contribution in [1.29, 1.82) is 0 Å². The van der Waals surface area contributed by atoms with Crippen molar-refractivity contribution in [3.63, 3.8) is 0 Å². The Labute approximate surface area is 130 Å². The van der Waals surface area contributed by atoms with Crippen molar-refractivity contribution in [3.05, 3.63) is 59.4 Å². The lowest BCUT2D eigenvalue weighted by molar-refractivity contribution is 0.415. The number of aryl methyl sites for hydroxylation is 2. The van der Waals surface area contributed by atoms with E-state index in [1.165, 1.54) is 16.3 Å². The SMILES string of the molecule is COc1ccc2cc(CNc3nc(C)cc(C)n3)ccc2c1. The molecule has 0 aliphatic carbocycles. The Morgan fingerprint density at radius 1 is 0.909 bits per heavy atom. The van der Waals surface area contributed by atoms with Gasteiger partial charge in [-0.05, 0) is 54.4 Å². The maximum atomic E-state index is 5.25. The van der Waals surface area contributed by atoms with Gasteiger partial charge in [0.25, 0.3) is 0 Å². The number of rotatable bonds is 4. The molecule has 0 aliphatic rings. The normalized spacial score (nSPS) is 10.7. The van der Waals surface area contributed by atoms with Gasteiger partial charge in [-0.1, -0.05) is 18.2 Å². The molecule has 0 saturated heterocycles. The molecule has 0 spiro atoms. The van der Waals surface area contributed by atoms with Crippen LogP contribution in [0, 0.1) is 13.8 Å². The molecule has 1 N–H and O–H groups in total. The second kappa shape index (κ2) is 6.02. The van der Waals surface area contributed by atoms with Crippen LogP contribution in [0.2, 0.25) is 0 Å². The van der Waals surface area contributed by atoms with Crippen LogP contribution in [0.3, 0.4) is 0 Å². The average molecular weight is 293 g/mol. The fourth-order valence-electron chi connectivity index (χ4n) is 2.50. The number of aromatic nitrogens is 2. The molecular formula is C18H19N3O. The minimum absolute atomic E-state index is 0.673. The summed E-state index contributed by atoms with van der Waals surface area (Å²) in [5.74, 6) is 1.55. The van der Waals surface area contributed by atoms with Gasteiger partial charge in [0.15, 0.2) is 0 Å². The zero-order chi connectivity index (χ0) is 15.5. The number of ether oxygens (including phenoxy) is 1. The topological polar surface area (TPSA) is 47.0 Å². The molecule has 0 unspecified atom stereocenters. The maximum absolute atomic E-state index is 5.25. The van der Waals surface area contributed by atoms with E-state index in [0.717, 1.165) is 17.1 Å². The fraction of sp³-hybridized carbons (Fsp3) is 0.222. The molecule has 22 heavy (non-hydrogen) atoms. The highest BCUT2D eigenvalue weighted by Crippen LogP contribution is 2.22. The number of methoxy groups -OCH3 is 1. The molecule has 3 aromatic rings. The molecule has 4 heteroatoms. The first-order valence-corrected chi connectivity index (χ1v) is 7.27.